The number of nitrogens with zero attached hydrogens (tertiary/aromatic N) is 4. The zero-order chi connectivity index (χ0) is 15.9. The Labute approximate surface area is 133 Å². The molecule has 0 unspecified atom stereocenters. The topological polar surface area (TPSA) is 73.4 Å². The molecule has 2 aromatic heterocycles. The van der Waals surface area contributed by atoms with Gasteiger partial charge >= 0.3 is 0 Å². The quantitative estimate of drug-likeness (QED) is 0.686. The number of hydrogen-bond donors (Lipinski definition) is 0. The molecule has 0 aromatic carbocycles. The second-order valence-electron chi connectivity index (χ2n) is 4.85. The van der Waals surface area contributed by atoms with Crippen LogP contribution in [0.3, 0.4) is 0 Å². The Bertz CT molecular complexity index is 611. The normalized spacial score (nSPS) is 10.9. The van der Waals surface area contributed by atoms with Crippen molar-refractivity contribution < 1.29 is 13.9 Å². The van der Waals surface area contributed by atoms with Crippen molar-refractivity contribution >= 4 is 17.7 Å². The van der Waals surface area contributed by atoms with Gasteiger partial charge in [0.25, 0.3) is 0 Å². The fraction of sp³-hybridized carbons (Fsp3) is 0.500. The van der Waals surface area contributed by atoms with Crippen molar-refractivity contribution in [3.05, 3.63) is 30.0 Å². The Morgan fingerprint density at radius 2 is 2.32 bits per heavy atom. The average Bonchev–Trinajstić information content (AvgIpc) is 3.11. The maximum Gasteiger partial charge on any atom is 0.233 e. The number of rotatable bonds is 8. The van der Waals surface area contributed by atoms with Gasteiger partial charge in [0.1, 0.15) is 17.8 Å². The zero-order valence-electron chi connectivity index (χ0n) is 13.0. The first-order chi connectivity index (χ1) is 10.6. The summed E-state index contributed by atoms with van der Waals surface area (Å²) in [5.74, 6) is 1.94. The Morgan fingerprint density at radius 1 is 1.50 bits per heavy atom. The number of amides is 1. The van der Waals surface area contributed by atoms with Crippen LogP contribution in [0.5, 0.6) is 0 Å². The van der Waals surface area contributed by atoms with Crippen molar-refractivity contribution in [3.8, 4) is 0 Å². The predicted molar refractivity (Wildman–Crippen MR) is 82.5 cm³/mol. The van der Waals surface area contributed by atoms with Crippen LogP contribution in [0.1, 0.15) is 11.5 Å². The lowest BCUT2D eigenvalue weighted by Crippen LogP contribution is -2.27. The second kappa shape index (κ2) is 8.00. The molecule has 2 heterocycles. The number of carbonyl (C=O) groups excluding carboxylic acids is 1. The SMILES string of the molecule is COCCn1cnnc1SCC(=O)N(C)Cc1ccc(C)o1. The first kappa shape index (κ1) is 16.6. The zero-order valence-corrected chi connectivity index (χ0v) is 13.8. The number of ether oxygens (including phenoxy) is 1. The molecular weight excluding hydrogens is 304 g/mol. The number of thioether (sulfide) groups is 1. The number of aromatic nitrogens is 3. The van der Waals surface area contributed by atoms with E-state index < -0.39 is 0 Å². The highest BCUT2D eigenvalue weighted by atomic mass is 32.2. The van der Waals surface area contributed by atoms with Crippen LogP contribution in [-0.4, -0.2) is 52.1 Å². The number of carbonyl (C=O) groups is 1. The molecule has 0 bridgehead atoms. The standard InChI is InChI=1S/C14H20N4O3S/c1-11-4-5-12(21-11)8-17(2)13(19)9-22-14-16-15-10-18(14)6-7-20-3/h4-5,10H,6-9H2,1-3H3. The molecule has 0 aliphatic carbocycles. The molecule has 0 saturated heterocycles. The number of aryl methyl sites for hydroxylation is 1. The summed E-state index contributed by atoms with van der Waals surface area (Å²) in [5.41, 5.74) is 0. The molecule has 0 spiro atoms. The monoisotopic (exact) mass is 324 g/mol. The molecule has 0 atom stereocenters. The summed E-state index contributed by atoms with van der Waals surface area (Å²) in [7, 11) is 3.41. The van der Waals surface area contributed by atoms with Gasteiger partial charge in [-0.25, -0.2) is 0 Å². The molecule has 0 aliphatic heterocycles. The molecule has 2 rings (SSSR count). The summed E-state index contributed by atoms with van der Waals surface area (Å²) >= 11 is 1.37. The van der Waals surface area contributed by atoms with Crippen LogP contribution in [0.2, 0.25) is 0 Å². The highest BCUT2D eigenvalue weighted by Crippen LogP contribution is 2.16. The molecule has 8 heteroatoms. The molecule has 0 aliphatic rings. The van der Waals surface area contributed by atoms with Crippen LogP contribution in [0, 0.1) is 6.92 Å². The Morgan fingerprint density at radius 3 is 3.00 bits per heavy atom. The van der Waals surface area contributed by atoms with Crippen LogP contribution < -0.4 is 0 Å². The smallest absolute Gasteiger partial charge is 0.233 e. The van der Waals surface area contributed by atoms with Gasteiger partial charge in [0.2, 0.25) is 5.91 Å². The minimum absolute atomic E-state index is 0.0142. The minimum atomic E-state index is 0.0142. The molecule has 0 N–H and O–H groups in total. The van der Waals surface area contributed by atoms with Crippen molar-refractivity contribution in [2.24, 2.45) is 0 Å². The molecule has 0 radical (unpaired) electrons. The van der Waals surface area contributed by atoms with Crippen LogP contribution in [0.15, 0.2) is 28.0 Å². The van der Waals surface area contributed by atoms with Gasteiger partial charge in [0, 0.05) is 20.7 Å². The van der Waals surface area contributed by atoms with Gasteiger partial charge < -0.3 is 18.6 Å². The molecule has 2 aromatic rings. The third kappa shape index (κ3) is 4.60. The van der Waals surface area contributed by atoms with E-state index in [9.17, 15) is 4.79 Å². The summed E-state index contributed by atoms with van der Waals surface area (Å²) in [5, 5.41) is 8.60. The number of furan rings is 1. The first-order valence-corrected chi connectivity index (χ1v) is 7.87. The summed E-state index contributed by atoms with van der Waals surface area (Å²) in [4.78, 5) is 13.8. The van der Waals surface area contributed by atoms with Gasteiger partial charge in [-0.05, 0) is 19.1 Å². The van der Waals surface area contributed by atoms with E-state index in [2.05, 4.69) is 10.2 Å². The lowest BCUT2D eigenvalue weighted by Gasteiger charge is -2.15. The fourth-order valence-corrected chi connectivity index (χ4v) is 2.71. The van der Waals surface area contributed by atoms with Gasteiger partial charge in [0.05, 0.1) is 18.9 Å². The largest absolute Gasteiger partial charge is 0.464 e. The van der Waals surface area contributed by atoms with E-state index in [1.807, 2.05) is 23.6 Å². The van der Waals surface area contributed by atoms with Gasteiger partial charge in [-0.15, -0.1) is 10.2 Å². The Kier molecular flexibility index (Phi) is 6.02. The van der Waals surface area contributed by atoms with E-state index in [1.165, 1.54) is 11.8 Å². The summed E-state index contributed by atoms with van der Waals surface area (Å²) in [6, 6.07) is 3.77. The maximum atomic E-state index is 12.2. The van der Waals surface area contributed by atoms with Crippen molar-refractivity contribution in [3.63, 3.8) is 0 Å². The van der Waals surface area contributed by atoms with Gasteiger partial charge in [-0.2, -0.15) is 0 Å². The van der Waals surface area contributed by atoms with Crippen molar-refractivity contribution in [1.29, 1.82) is 0 Å². The Hall–Kier alpha value is -1.80. The summed E-state index contributed by atoms with van der Waals surface area (Å²) in [6.45, 7) is 3.59. The van der Waals surface area contributed by atoms with Crippen molar-refractivity contribution in [2.45, 2.75) is 25.2 Å². The first-order valence-electron chi connectivity index (χ1n) is 6.89. The average molecular weight is 324 g/mol. The van der Waals surface area contributed by atoms with Crippen LogP contribution in [-0.2, 0) is 22.6 Å². The van der Waals surface area contributed by atoms with Crippen LogP contribution in [0.4, 0.5) is 0 Å². The van der Waals surface area contributed by atoms with E-state index in [0.717, 1.165) is 11.5 Å². The van der Waals surface area contributed by atoms with Gasteiger partial charge in [-0.3, -0.25) is 4.79 Å². The lowest BCUT2D eigenvalue weighted by atomic mass is 10.4. The molecule has 0 saturated carbocycles. The molecule has 1 amide bonds. The second-order valence-corrected chi connectivity index (χ2v) is 5.79. The molecule has 7 nitrogen and oxygen atoms in total. The maximum absolute atomic E-state index is 12.2. The van der Waals surface area contributed by atoms with E-state index in [0.29, 0.717) is 30.6 Å². The van der Waals surface area contributed by atoms with Gasteiger partial charge in [-0.1, -0.05) is 11.8 Å². The summed E-state index contributed by atoms with van der Waals surface area (Å²) in [6.07, 6.45) is 1.64. The van der Waals surface area contributed by atoms with Gasteiger partial charge in [0.15, 0.2) is 5.16 Å². The lowest BCUT2D eigenvalue weighted by molar-refractivity contribution is -0.127. The fourth-order valence-electron chi connectivity index (χ4n) is 1.83. The minimum Gasteiger partial charge on any atom is -0.464 e. The van der Waals surface area contributed by atoms with E-state index in [4.69, 9.17) is 9.15 Å². The Balaban J connectivity index is 1.83. The molecule has 0 fully saturated rings. The van der Waals surface area contributed by atoms with Crippen molar-refractivity contribution in [1.82, 2.24) is 19.7 Å². The number of methoxy groups -OCH3 is 1. The summed E-state index contributed by atoms with van der Waals surface area (Å²) < 4.78 is 12.4. The van der Waals surface area contributed by atoms with E-state index in [1.54, 1.807) is 25.4 Å². The molecule has 120 valence electrons. The number of hydrogen-bond acceptors (Lipinski definition) is 6. The molecular formula is C14H20N4O3S. The third-order valence-corrected chi connectivity index (χ3v) is 4.02. The third-order valence-electron chi connectivity index (χ3n) is 3.06. The highest BCUT2D eigenvalue weighted by molar-refractivity contribution is 7.99. The van der Waals surface area contributed by atoms with Crippen LogP contribution in [0.25, 0.3) is 0 Å². The van der Waals surface area contributed by atoms with E-state index >= 15 is 0 Å². The van der Waals surface area contributed by atoms with Crippen molar-refractivity contribution in [2.75, 3.05) is 26.5 Å². The highest BCUT2D eigenvalue weighted by Gasteiger charge is 2.14. The molecule has 22 heavy (non-hydrogen) atoms. The van der Waals surface area contributed by atoms with E-state index in [-0.39, 0.29) is 5.91 Å². The predicted octanol–water partition coefficient (Wildman–Crippen LogP) is 1.58. The van der Waals surface area contributed by atoms with Crippen LogP contribution >= 0.6 is 11.8 Å².